The summed E-state index contributed by atoms with van der Waals surface area (Å²) in [6.07, 6.45) is 14.5. The number of carbonyl (C=O) groups is 2. The van der Waals surface area contributed by atoms with E-state index in [1.165, 1.54) is 32.1 Å². The summed E-state index contributed by atoms with van der Waals surface area (Å²) in [6, 6.07) is 10.9. The second-order valence-corrected chi connectivity index (χ2v) is 9.75. The van der Waals surface area contributed by atoms with Crippen molar-refractivity contribution >= 4 is 17.6 Å². The number of benzene rings is 1. The summed E-state index contributed by atoms with van der Waals surface area (Å²) in [6.45, 7) is 2.59. The first-order chi connectivity index (χ1) is 18.2. The number of rotatable bonds is 7. The number of hydrogen-bond donors (Lipinski definition) is 1. The molecule has 0 radical (unpaired) electrons. The Morgan fingerprint density at radius 2 is 1.81 bits per heavy atom. The fourth-order valence-electron chi connectivity index (χ4n) is 5.04. The number of amides is 3. The van der Waals surface area contributed by atoms with Crippen molar-refractivity contribution in [2.45, 2.75) is 38.5 Å². The van der Waals surface area contributed by atoms with Crippen LogP contribution in [0.5, 0.6) is 5.75 Å². The minimum absolute atomic E-state index is 0.0305. The van der Waals surface area contributed by atoms with Gasteiger partial charge >= 0.3 is 6.03 Å². The molecule has 2 aliphatic rings. The molecular weight excluding hydrogens is 468 g/mol. The molecule has 5 rings (SSSR count). The number of urea groups is 1. The van der Waals surface area contributed by atoms with Gasteiger partial charge < -0.3 is 19.9 Å². The highest BCUT2D eigenvalue weighted by molar-refractivity contribution is 5.95. The Morgan fingerprint density at radius 3 is 2.54 bits per heavy atom. The molecule has 2 aromatic heterocycles. The van der Waals surface area contributed by atoms with Gasteiger partial charge in [-0.15, -0.1) is 0 Å². The Hall–Kier alpha value is -3.88. The molecule has 1 N–H and O–H groups in total. The van der Waals surface area contributed by atoms with E-state index in [2.05, 4.69) is 15.3 Å². The summed E-state index contributed by atoms with van der Waals surface area (Å²) in [7, 11) is 0. The van der Waals surface area contributed by atoms with Gasteiger partial charge in [0.15, 0.2) is 0 Å². The van der Waals surface area contributed by atoms with Crippen molar-refractivity contribution in [3.05, 3.63) is 66.9 Å². The number of pyridine rings is 1. The van der Waals surface area contributed by atoms with Crippen molar-refractivity contribution in [2.75, 3.05) is 38.1 Å². The van der Waals surface area contributed by atoms with E-state index in [9.17, 15) is 9.59 Å². The van der Waals surface area contributed by atoms with Gasteiger partial charge in [-0.3, -0.25) is 9.36 Å². The maximum absolute atomic E-state index is 13.1. The van der Waals surface area contributed by atoms with E-state index in [-0.39, 0.29) is 11.9 Å². The molecule has 9 nitrogen and oxygen atoms in total. The van der Waals surface area contributed by atoms with Crippen LogP contribution in [-0.2, 0) is 0 Å². The lowest BCUT2D eigenvalue weighted by molar-refractivity contribution is 0.0671. The molecule has 0 atom stereocenters. The molecule has 1 aliphatic heterocycles. The Bertz CT molecular complexity index is 1170. The number of aromatic nitrogens is 3. The number of hydrogen-bond acceptors (Lipinski definition) is 5. The smallest absolute Gasteiger partial charge is 0.322 e. The third kappa shape index (κ3) is 6.47. The van der Waals surface area contributed by atoms with Gasteiger partial charge in [0.25, 0.3) is 5.91 Å². The largest absolute Gasteiger partial charge is 0.494 e. The Balaban J connectivity index is 1.08. The molecule has 37 heavy (non-hydrogen) atoms. The second kappa shape index (κ2) is 11.9. The van der Waals surface area contributed by atoms with Crippen LogP contribution < -0.4 is 10.1 Å². The van der Waals surface area contributed by atoms with Crippen LogP contribution in [0.25, 0.3) is 5.82 Å². The van der Waals surface area contributed by atoms with Crippen LogP contribution in [0.15, 0.2) is 61.3 Å². The maximum atomic E-state index is 13.1. The molecule has 1 saturated heterocycles. The maximum Gasteiger partial charge on any atom is 0.322 e. The van der Waals surface area contributed by atoms with Crippen LogP contribution in [0.1, 0.15) is 48.9 Å². The predicted molar refractivity (Wildman–Crippen MR) is 141 cm³/mol. The van der Waals surface area contributed by atoms with Gasteiger partial charge in [-0.1, -0.05) is 38.2 Å². The van der Waals surface area contributed by atoms with Gasteiger partial charge in [-0.25, -0.2) is 14.8 Å². The molecule has 0 bridgehead atoms. The highest BCUT2D eigenvalue weighted by atomic mass is 16.5. The van der Waals surface area contributed by atoms with Gasteiger partial charge in [-0.2, -0.15) is 0 Å². The SMILES string of the molecule is O=C(Nc1ccc(-n2ccnc2)nc1)N1CCN(C(=O)c2cccc(OCCC3CCCCC3)c2)CC1. The van der Waals surface area contributed by atoms with E-state index in [1.54, 1.807) is 33.1 Å². The molecule has 1 saturated carbocycles. The van der Waals surface area contributed by atoms with Crippen LogP contribution in [0, 0.1) is 5.92 Å². The van der Waals surface area contributed by atoms with E-state index in [1.807, 2.05) is 42.6 Å². The van der Waals surface area contributed by atoms with Crippen LogP contribution in [0.4, 0.5) is 10.5 Å². The van der Waals surface area contributed by atoms with Crippen LogP contribution in [0.3, 0.4) is 0 Å². The van der Waals surface area contributed by atoms with E-state index >= 15 is 0 Å². The summed E-state index contributed by atoms with van der Waals surface area (Å²) in [5.41, 5.74) is 1.24. The lowest BCUT2D eigenvalue weighted by Gasteiger charge is -2.34. The average molecular weight is 503 g/mol. The van der Waals surface area contributed by atoms with Crippen molar-refractivity contribution in [1.82, 2.24) is 24.3 Å². The highest BCUT2D eigenvalue weighted by Crippen LogP contribution is 2.26. The molecule has 9 heteroatoms. The summed E-state index contributed by atoms with van der Waals surface area (Å²) in [5, 5.41) is 2.89. The Kier molecular flexibility index (Phi) is 7.98. The van der Waals surface area contributed by atoms with Crippen molar-refractivity contribution in [3.63, 3.8) is 0 Å². The van der Waals surface area contributed by atoms with Crippen molar-refractivity contribution < 1.29 is 14.3 Å². The number of piperazine rings is 1. The van der Waals surface area contributed by atoms with Crippen molar-refractivity contribution in [2.24, 2.45) is 5.92 Å². The van der Waals surface area contributed by atoms with E-state index in [0.717, 1.165) is 23.9 Å². The van der Waals surface area contributed by atoms with E-state index < -0.39 is 0 Å². The Labute approximate surface area is 217 Å². The fourth-order valence-corrected chi connectivity index (χ4v) is 5.04. The molecule has 2 fully saturated rings. The van der Waals surface area contributed by atoms with Crippen LogP contribution in [-0.4, -0.2) is 69.1 Å². The average Bonchev–Trinajstić information content (AvgIpc) is 3.49. The number of nitrogens with one attached hydrogen (secondary N) is 1. The highest BCUT2D eigenvalue weighted by Gasteiger charge is 2.25. The molecule has 3 heterocycles. The first-order valence-electron chi connectivity index (χ1n) is 13.2. The molecule has 1 aliphatic carbocycles. The van der Waals surface area contributed by atoms with Gasteiger partial charge in [0.1, 0.15) is 17.9 Å². The lowest BCUT2D eigenvalue weighted by atomic mass is 9.87. The number of ether oxygens (including phenoxy) is 1. The third-order valence-corrected chi connectivity index (χ3v) is 7.22. The molecule has 3 amide bonds. The second-order valence-electron chi connectivity index (χ2n) is 9.75. The fraction of sp³-hybridized carbons (Fsp3) is 0.429. The monoisotopic (exact) mass is 502 g/mol. The molecule has 3 aromatic rings. The number of imidazole rings is 1. The van der Waals surface area contributed by atoms with Gasteiger partial charge in [0, 0.05) is 44.1 Å². The summed E-state index contributed by atoms with van der Waals surface area (Å²) in [4.78, 5) is 37.7. The van der Waals surface area contributed by atoms with Crippen molar-refractivity contribution in [1.29, 1.82) is 0 Å². The quantitative estimate of drug-likeness (QED) is 0.510. The topological polar surface area (TPSA) is 92.6 Å². The zero-order valence-electron chi connectivity index (χ0n) is 21.1. The number of carbonyl (C=O) groups excluding carboxylic acids is 2. The first-order valence-corrected chi connectivity index (χ1v) is 13.2. The molecule has 0 unspecified atom stereocenters. The standard InChI is InChI=1S/C28H34N6O3/c35-27(23-7-4-8-25(19-23)37-18-11-22-5-2-1-3-6-22)32-14-16-33(17-15-32)28(36)31-24-9-10-26(30-20-24)34-13-12-29-21-34/h4,7-10,12-13,19-22H,1-3,5-6,11,14-18H2,(H,31,36). The summed E-state index contributed by atoms with van der Waals surface area (Å²) >= 11 is 0. The van der Waals surface area contributed by atoms with Crippen molar-refractivity contribution in [3.8, 4) is 11.6 Å². The van der Waals surface area contributed by atoms with Gasteiger partial charge in [-0.05, 0) is 42.7 Å². The molecule has 1 aromatic carbocycles. The lowest BCUT2D eigenvalue weighted by Crippen LogP contribution is -2.51. The van der Waals surface area contributed by atoms with E-state index in [4.69, 9.17) is 4.74 Å². The van der Waals surface area contributed by atoms with Gasteiger partial charge in [0.2, 0.25) is 0 Å². The number of anilines is 1. The predicted octanol–water partition coefficient (Wildman–Crippen LogP) is 4.61. The zero-order chi connectivity index (χ0) is 25.5. The zero-order valence-corrected chi connectivity index (χ0v) is 21.1. The molecule has 0 spiro atoms. The minimum atomic E-state index is -0.197. The van der Waals surface area contributed by atoms with Gasteiger partial charge in [0.05, 0.1) is 18.5 Å². The Morgan fingerprint density at radius 1 is 1.00 bits per heavy atom. The van der Waals surface area contributed by atoms with Crippen LogP contribution >= 0.6 is 0 Å². The van der Waals surface area contributed by atoms with Crippen LogP contribution in [0.2, 0.25) is 0 Å². The number of nitrogens with zero attached hydrogens (tertiary/aromatic N) is 5. The minimum Gasteiger partial charge on any atom is -0.494 e. The normalized spacial score (nSPS) is 16.4. The molecule has 194 valence electrons. The van der Waals surface area contributed by atoms with E-state index in [0.29, 0.717) is 44.0 Å². The first kappa shape index (κ1) is 24.8. The summed E-state index contributed by atoms with van der Waals surface area (Å²) in [5.74, 6) is 2.20. The summed E-state index contributed by atoms with van der Waals surface area (Å²) < 4.78 is 7.77. The third-order valence-electron chi connectivity index (χ3n) is 7.22. The molecular formula is C28H34N6O3.